The van der Waals surface area contributed by atoms with E-state index in [2.05, 4.69) is 10.3 Å². The Bertz CT molecular complexity index is 891. The highest BCUT2D eigenvalue weighted by Crippen LogP contribution is 2.35. The maximum absolute atomic E-state index is 11.9. The number of ether oxygens (including phenoxy) is 3. The van der Waals surface area contributed by atoms with E-state index in [-0.39, 0.29) is 13.2 Å². The Labute approximate surface area is 162 Å². The second kappa shape index (κ2) is 7.75. The molecule has 2 N–H and O–H groups in total. The summed E-state index contributed by atoms with van der Waals surface area (Å²) in [5.41, 5.74) is 1.29. The summed E-state index contributed by atoms with van der Waals surface area (Å²) < 4.78 is 15.8. The van der Waals surface area contributed by atoms with Crippen LogP contribution in [0.4, 0.5) is 4.79 Å². The molecule has 0 saturated carbocycles. The van der Waals surface area contributed by atoms with E-state index in [0.29, 0.717) is 22.9 Å². The minimum Gasteiger partial charge on any atom is -0.480 e. The monoisotopic (exact) mass is 386 g/mol. The van der Waals surface area contributed by atoms with Gasteiger partial charge in [-0.1, -0.05) is 6.07 Å². The average Bonchev–Trinajstić information content (AvgIpc) is 3.07. The topological polar surface area (TPSA) is 107 Å². The molecule has 0 radical (unpaired) electrons. The van der Waals surface area contributed by atoms with Crippen molar-refractivity contribution in [2.45, 2.75) is 38.8 Å². The van der Waals surface area contributed by atoms with Crippen molar-refractivity contribution in [3.8, 4) is 22.8 Å². The van der Waals surface area contributed by atoms with Gasteiger partial charge < -0.3 is 24.6 Å². The lowest BCUT2D eigenvalue weighted by Crippen LogP contribution is -2.44. The summed E-state index contributed by atoms with van der Waals surface area (Å²) in [6, 6.07) is 9.64. The molecule has 3 rings (SSSR count). The van der Waals surface area contributed by atoms with Crippen LogP contribution >= 0.6 is 0 Å². The highest BCUT2D eigenvalue weighted by molar-refractivity contribution is 5.80. The van der Waals surface area contributed by atoms with E-state index in [0.717, 1.165) is 5.56 Å². The fourth-order valence-corrected chi connectivity index (χ4v) is 2.67. The van der Waals surface area contributed by atoms with Crippen LogP contribution in [-0.4, -0.2) is 40.6 Å². The molecule has 148 valence electrons. The summed E-state index contributed by atoms with van der Waals surface area (Å²) in [7, 11) is 0. The Balaban J connectivity index is 1.75. The number of nitrogens with zero attached hydrogens (tertiary/aromatic N) is 1. The van der Waals surface area contributed by atoms with E-state index in [4.69, 9.17) is 14.2 Å². The number of hydrogen-bond acceptors (Lipinski definition) is 6. The maximum atomic E-state index is 11.9. The van der Waals surface area contributed by atoms with Gasteiger partial charge in [0, 0.05) is 17.7 Å². The highest BCUT2D eigenvalue weighted by atomic mass is 16.7. The number of aromatic nitrogens is 1. The van der Waals surface area contributed by atoms with Crippen molar-refractivity contribution in [3.05, 3.63) is 42.1 Å². The lowest BCUT2D eigenvalue weighted by atomic mass is 10.1. The minimum absolute atomic E-state index is 0.0208. The second-order valence-corrected chi connectivity index (χ2v) is 7.32. The predicted octanol–water partition coefficient (Wildman–Crippen LogP) is 3.00. The normalized spacial score (nSPS) is 13.7. The van der Waals surface area contributed by atoms with Crippen molar-refractivity contribution >= 4 is 12.1 Å². The number of carbonyl (C=O) groups is 2. The third-order valence-corrected chi connectivity index (χ3v) is 3.88. The van der Waals surface area contributed by atoms with E-state index in [1.165, 1.54) is 0 Å². The number of carbonyl (C=O) groups excluding carboxylic acids is 1. The lowest BCUT2D eigenvalue weighted by Gasteiger charge is -2.22. The van der Waals surface area contributed by atoms with Crippen LogP contribution in [0.5, 0.6) is 11.5 Å². The molecule has 1 unspecified atom stereocenters. The molecule has 0 spiro atoms. The van der Waals surface area contributed by atoms with Crippen molar-refractivity contribution in [2.75, 3.05) is 6.79 Å². The Morgan fingerprint density at radius 2 is 1.96 bits per heavy atom. The molecule has 0 aliphatic carbocycles. The smallest absolute Gasteiger partial charge is 0.408 e. The quantitative estimate of drug-likeness (QED) is 0.813. The fourth-order valence-electron chi connectivity index (χ4n) is 2.67. The molecule has 1 aliphatic rings. The molecule has 1 aliphatic heterocycles. The molecule has 1 atom stereocenters. The Morgan fingerprint density at radius 3 is 2.68 bits per heavy atom. The van der Waals surface area contributed by atoms with Crippen molar-refractivity contribution in [1.82, 2.24) is 10.3 Å². The van der Waals surface area contributed by atoms with Crippen molar-refractivity contribution in [3.63, 3.8) is 0 Å². The zero-order valence-corrected chi connectivity index (χ0v) is 15.9. The molecular weight excluding hydrogens is 364 g/mol. The predicted molar refractivity (Wildman–Crippen MR) is 100 cm³/mol. The first-order chi connectivity index (χ1) is 13.2. The maximum Gasteiger partial charge on any atom is 0.408 e. The second-order valence-electron chi connectivity index (χ2n) is 7.32. The first-order valence-corrected chi connectivity index (χ1v) is 8.79. The number of nitrogens with one attached hydrogen (secondary N) is 1. The number of pyridine rings is 1. The van der Waals surface area contributed by atoms with Gasteiger partial charge in [-0.2, -0.15) is 0 Å². The number of benzene rings is 1. The summed E-state index contributed by atoms with van der Waals surface area (Å²) in [6.45, 7) is 5.30. The van der Waals surface area contributed by atoms with Gasteiger partial charge in [0.05, 0.1) is 5.69 Å². The van der Waals surface area contributed by atoms with Crippen LogP contribution in [0.1, 0.15) is 26.5 Å². The SMILES string of the molecule is CC(C)(C)OC(=O)NC(Cc1cccc(-c2ccc3c(c2)OCO3)n1)C(=O)O. The number of alkyl carbamates (subject to hydrolysis) is 1. The third-order valence-electron chi connectivity index (χ3n) is 3.88. The number of carboxylic acid groups (broad SMARTS) is 1. The van der Waals surface area contributed by atoms with Gasteiger partial charge in [-0.05, 0) is 51.1 Å². The van der Waals surface area contributed by atoms with Gasteiger partial charge in [-0.15, -0.1) is 0 Å². The van der Waals surface area contributed by atoms with Gasteiger partial charge in [-0.25, -0.2) is 9.59 Å². The molecule has 8 heteroatoms. The molecule has 0 bridgehead atoms. The van der Waals surface area contributed by atoms with E-state index in [9.17, 15) is 14.7 Å². The molecule has 1 amide bonds. The Kier molecular flexibility index (Phi) is 5.39. The third kappa shape index (κ3) is 4.91. The summed E-state index contributed by atoms with van der Waals surface area (Å²) in [6.07, 6.45) is -0.765. The number of carboxylic acids is 1. The average molecular weight is 386 g/mol. The van der Waals surface area contributed by atoms with Crippen LogP contribution in [0, 0.1) is 0 Å². The molecule has 8 nitrogen and oxygen atoms in total. The van der Waals surface area contributed by atoms with Crippen LogP contribution in [-0.2, 0) is 16.0 Å². The largest absolute Gasteiger partial charge is 0.480 e. The molecular formula is C20H22N2O6. The van der Waals surface area contributed by atoms with Gasteiger partial charge in [0.1, 0.15) is 11.6 Å². The van der Waals surface area contributed by atoms with Gasteiger partial charge in [0.2, 0.25) is 6.79 Å². The lowest BCUT2D eigenvalue weighted by molar-refractivity contribution is -0.139. The van der Waals surface area contributed by atoms with E-state index >= 15 is 0 Å². The van der Waals surface area contributed by atoms with E-state index in [1.807, 2.05) is 18.2 Å². The van der Waals surface area contributed by atoms with Crippen molar-refractivity contribution < 1.29 is 28.9 Å². The first kappa shape index (κ1) is 19.5. The van der Waals surface area contributed by atoms with Crippen LogP contribution in [0.25, 0.3) is 11.3 Å². The number of rotatable bonds is 5. The van der Waals surface area contributed by atoms with Crippen LogP contribution in [0.2, 0.25) is 0 Å². The summed E-state index contributed by atoms with van der Waals surface area (Å²) in [5.74, 6) is 0.147. The van der Waals surface area contributed by atoms with Crippen LogP contribution < -0.4 is 14.8 Å². The van der Waals surface area contributed by atoms with Gasteiger partial charge in [0.25, 0.3) is 0 Å². The Morgan fingerprint density at radius 1 is 1.21 bits per heavy atom. The number of amides is 1. The van der Waals surface area contributed by atoms with Gasteiger partial charge >= 0.3 is 12.1 Å². The minimum atomic E-state index is -1.17. The zero-order chi connectivity index (χ0) is 20.3. The van der Waals surface area contributed by atoms with Crippen LogP contribution in [0.15, 0.2) is 36.4 Å². The van der Waals surface area contributed by atoms with Crippen molar-refractivity contribution in [1.29, 1.82) is 0 Å². The molecule has 0 fully saturated rings. The molecule has 0 saturated heterocycles. The standard InChI is InChI=1S/C20H22N2O6/c1-20(2,3)28-19(25)22-15(18(23)24)10-13-5-4-6-14(21-13)12-7-8-16-17(9-12)27-11-26-16/h4-9,15H,10-11H2,1-3H3,(H,22,25)(H,23,24). The van der Waals surface area contributed by atoms with E-state index in [1.54, 1.807) is 39.0 Å². The molecule has 28 heavy (non-hydrogen) atoms. The Hall–Kier alpha value is -3.29. The zero-order valence-electron chi connectivity index (χ0n) is 15.9. The van der Waals surface area contributed by atoms with Gasteiger partial charge in [-0.3, -0.25) is 4.98 Å². The number of aliphatic carboxylic acids is 1. The van der Waals surface area contributed by atoms with Crippen LogP contribution in [0.3, 0.4) is 0 Å². The van der Waals surface area contributed by atoms with Crippen molar-refractivity contribution in [2.24, 2.45) is 0 Å². The molecule has 1 aromatic heterocycles. The molecule has 1 aromatic carbocycles. The number of hydrogen-bond donors (Lipinski definition) is 2. The molecule has 2 heterocycles. The van der Waals surface area contributed by atoms with Gasteiger partial charge in [0.15, 0.2) is 11.5 Å². The molecule has 2 aromatic rings. The number of fused-ring (bicyclic) bond motifs is 1. The fraction of sp³-hybridized carbons (Fsp3) is 0.350. The first-order valence-electron chi connectivity index (χ1n) is 8.79. The van der Waals surface area contributed by atoms with E-state index < -0.39 is 23.7 Å². The summed E-state index contributed by atoms with van der Waals surface area (Å²) >= 11 is 0. The summed E-state index contributed by atoms with van der Waals surface area (Å²) in [5, 5.41) is 11.8. The highest BCUT2D eigenvalue weighted by Gasteiger charge is 2.25. The summed E-state index contributed by atoms with van der Waals surface area (Å²) in [4.78, 5) is 28.0.